The third-order valence-corrected chi connectivity index (χ3v) is 3.50. The molecule has 0 spiro atoms. The van der Waals surface area contributed by atoms with Crippen LogP contribution in [0.15, 0.2) is 24.7 Å². The second-order valence-electron chi connectivity index (χ2n) is 4.88. The van der Waals surface area contributed by atoms with Gasteiger partial charge in [-0.25, -0.2) is 13.8 Å². The maximum absolute atomic E-state index is 13.6. The molecular formula is C14H15F2N3O. The van der Waals surface area contributed by atoms with Crippen molar-refractivity contribution < 1.29 is 13.5 Å². The number of hydrogen-bond acceptors (Lipinski definition) is 3. The second-order valence-corrected chi connectivity index (χ2v) is 4.88. The molecule has 0 unspecified atom stereocenters. The molecule has 2 N–H and O–H groups in total. The summed E-state index contributed by atoms with van der Waals surface area (Å²) in [6.07, 6.45) is 4.69. The Morgan fingerprint density at radius 1 is 1.40 bits per heavy atom. The van der Waals surface area contributed by atoms with E-state index >= 15 is 0 Å². The molecule has 4 nitrogen and oxygen atoms in total. The Hall–Kier alpha value is -1.95. The summed E-state index contributed by atoms with van der Waals surface area (Å²) in [6, 6.07) is 2.15. The lowest BCUT2D eigenvalue weighted by Crippen LogP contribution is -2.26. The van der Waals surface area contributed by atoms with Gasteiger partial charge in [0.05, 0.1) is 12.4 Å². The van der Waals surface area contributed by atoms with Crippen molar-refractivity contribution in [3.8, 4) is 5.75 Å². The van der Waals surface area contributed by atoms with Gasteiger partial charge >= 0.3 is 0 Å². The molecule has 2 aromatic rings. The topological polar surface area (TPSA) is 53.1 Å². The van der Waals surface area contributed by atoms with Crippen molar-refractivity contribution in [2.75, 3.05) is 13.2 Å². The summed E-state index contributed by atoms with van der Waals surface area (Å²) in [5.41, 5.74) is 7.11. The van der Waals surface area contributed by atoms with Crippen molar-refractivity contribution in [2.24, 2.45) is 5.73 Å². The van der Waals surface area contributed by atoms with Gasteiger partial charge in [-0.15, -0.1) is 0 Å². The van der Waals surface area contributed by atoms with E-state index in [2.05, 4.69) is 4.98 Å². The van der Waals surface area contributed by atoms with Gasteiger partial charge in [0.25, 0.3) is 0 Å². The largest absolute Gasteiger partial charge is 0.488 e. The van der Waals surface area contributed by atoms with Crippen LogP contribution < -0.4 is 10.5 Å². The van der Waals surface area contributed by atoms with Crippen LogP contribution in [0.2, 0.25) is 0 Å². The molecule has 20 heavy (non-hydrogen) atoms. The molecular weight excluding hydrogens is 264 g/mol. The Balaban J connectivity index is 1.90. The molecule has 2 heterocycles. The summed E-state index contributed by atoms with van der Waals surface area (Å²) in [7, 11) is 0. The van der Waals surface area contributed by atoms with Crippen LogP contribution in [-0.2, 0) is 12.8 Å². The van der Waals surface area contributed by atoms with Crippen molar-refractivity contribution in [3.63, 3.8) is 0 Å². The fourth-order valence-electron chi connectivity index (χ4n) is 2.60. The van der Waals surface area contributed by atoms with Crippen LogP contribution in [0.25, 0.3) is 0 Å². The van der Waals surface area contributed by atoms with Crippen molar-refractivity contribution >= 4 is 0 Å². The first kappa shape index (κ1) is 13.1. The lowest BCUT2D eigenvalue weighted by molar-refractivity contribution is 0.211. The number of ether oxygens (including phenoxy) is 1. The predicted octanol–water partition coefficient (Wildman–Crippen LogP) is 1.84. The van der Waals surface area contributed by atoms with Crippen molar-refractivity contribution in [3.05, 3.63) is 47.5 Å². The third kappa shape index (κ3) is 2.27. The maximum atomic E-state index is 13.6. The zero-order valence-electron chi connectivity index (χ0n) is 10.9. The first-order chi connectivity index (χ1) is 9.69. The molecule has 0 radical (unpaired) electrons. The molecule has 1 aromatic heterocycles. The van der Waals surface area contributed by atoms with Gasteiger partial charge in [-0.05, 0) is 12.6 Å². The summed E-state index contributed by atoms with van der Waals surface area (Å²) in [6.45, 7) is 0.864. The zero-order chi connectivity index (χ0) is 14.1. The summed E-state index contributed by atoms with van der Waals surface area (Å²) >= 11 is 0. The number of rotatable bonds is 3. The first-order valence-corrected chi connectivity index (χ1v) is 6.50. The standard InChI is InChI=1S/C14H15F2N3O/c15-10-3-9-4-12(7-20-14(9)13(16)5-10)19-8-18-6-11(19)1-2-17/h3,5-6,8,12H,1-2,4,7,17H2/t12-/m1/s1. The monoisotopic (exact) mass is 279 g/mol. The number of hydrogen-bond donors (Lipinski definition) is 1. The molecule has 0 saturated heterocycles. The number of halogens is 2. The molecule has 0 saturated carbocycles. The minimum Gasteiger partial charge on any atom is -0.488 e. The van der Waals surface area contributed by atoms with Crippen LogP contribution in [0.3, 0.4) is 0 Å². The molecule has 1 aromatic carbocycles. The van der Waals surface area contributed by atoms with E-state index in [0.29, 0.717) is 31.6 Å². The van der Waals surface area contributed by atoms with Crippen molar-refractivity contribution in [1.29, 1.82) is 0 Å². The molecule has 3 rings (SSSR count). The minimum atomic E-state index is -0.647. The average Bonchev–Trinajstić information content (AvgIpc) is 2.86. The average molecular weight is 279 g/mol. The molecule has 0 fully saturated rings. The zero-order valence-corrected chi connectivity index (χ0v) is 10.9. The van der Waals surface area contributed by atoms with Gasteiger partial charge in [0.2, 0.25) is 0 Å². The quantitative estimate of drug-likeness (QED) is 0.932. The SMILES string of the molecule is NCCc1cncn1[C@H]1COc2c(F)cc(F)cc2C1. The van der Waals surface area contributed by atoms with Crippen LogP contribution >= 0.6 is 0 Å². The predicted molar refractivity (Wildman–Crippen MR) is 69.6 cm³/mol. The van der Waals surface area contributed by atoms with E-state index in [9.17, 15) is 8.78 Å². The number of fused-ring (bicyclic) bond motifs is 1. The van der Waals surface area contributed by atoms with Crippen molar-refractivity contribution in [1.82, 2.24) is 9.55 Å². The smallest absolute Gasteiger partial charge is 0.168 e. The molecule has 1 aliphatic rings. The fraction of sp³-hybridized carbons (Fsp3) is 0.357. The number of benzene rings is 1. The van der Waals surface area contributed by atoms with Crippen LogP contribution in [0, 0.1) is 11.6 Å². The Kier molecular flexibility index (Phi) is 3.40. The highest BCUT2D eigenvalue weighted by Crippen LogP contribution is 2.33. The lowest BCUT2D eigenvalue weighted by Gasteiger charge is -2.27. The van der Waals surface area contributed by atoms with Gasteiger partial charge in [0, 0.05) is 36.4 Å². The molecule has 1 aliphatic heterocycles. The summed E-state index contributed by atoms with van der Waals surface area (Å²) in [5.74, 6) is -1.08. The van der Waals surface area contributed by atoms with Gasteiger partial charge in [-0.2, -0.15) is 0 Å². The molecule has 0 bridgehead atoms. The van der Waals surface area contributed by atoms with Crippen molar-refractivity contribution in [2.45, 2.75) is 18.9 Å². The summed E-state index contributed by atoms with van der Waals surface area (Å²) in [5, 5.41) is 0. The Bertz CT molecular complexity index is 627. The van der Waals surface area contributed by atoms with Crippen LogP contribution in [0.4, 0.5) is 8.78 Å². The second kappa shape index (κ2) is 5.20. The van der Waals surface area contributed by atoms with E-state index in [4.69, 9.17) is 10.5 Å². The lowest BCUT2D eigenvalue weighted by atomic mass is 10.0. The molecule has 1 atom stereocenters. The van der Waals surface area contributed by atoms with Crippen LogP contribution in [0.1, 0.15) is 17.3 Å². The normalized spacial score (nSPS) is 17.6. The third-order valence-electron chi connectivity index (χ3n) is 3.50. The van der Waals surface area contributed by atoms with E-state index in [0.717, 1.165) is 11.8 Å². The highest BCUT2D eigenvalue weighted by molar-refractivity contribution is 5.37. The van der Waals surface area contributed by atoms with Gasteiger partial charge < -0.3 is 15.0 Å². The molecule has 106 valence electrons. The highest BCUT2D eigenvalue weighted by atomic mass is 19.1. The Morgan fingerprint density at radius 2 is 2.25 bits per heavy atom. The number of imidazole rings is 1. The van der Waals surface area contributed by atoms with E-state index < -0.39 is 11.6 Å². The van der Waals surface area contributed by atoms with Crippen LogP contribution in [-0.4, -0.2) is 22.7 Å². The summed E-state index contributed by atoms with van der Waals surface area (Å²) in [4.78, 5) is 4.11. The summed E-state index contributed by atoms with van der Waals surface area (Å²) < 4.78 is 34.3. The maximum Gasteiger partial charge on any atom is 0.168 e. The van der Waals surface area contributed by atoms with Gasteiger partial charge in [0.15, 0.2) is 11.6 Å². The van der Waals surface area contributed by atoms with E-state index in [-0.39, 0.29) is 11.8 Å². The number of nitrogens with zero attached hydrogens (tertiary/aromatic N) is 2. The Morgan fingerprint density at radius 3 is 3.05 bits per heavy atom. The number of nitrogens with two attached hydrogens (primary N) is 1. The molecule has 0 amide bonds. The van der Waals surface area contributed by atoms with Crippen LogP contribution in [0.5, 0.6) is 5.75 Å². The Labute approximate surface area is 115 Å². The highest BCUT2D eigenvalue weighted by Gasteiger charge is 2.25. The van der Waals surface area contributed by atoms with E-state index in [1.54, 1.807) is 12.5 Å². The number of aromatic nitrogens is 2. The van der Waals surface area contributed by atoms with Gasteiger partial charge in [-0.3, -0.25) is 0 Å². The molecule has 0 aliphatic carbocycles. The minimum absolute atomic E-state index is 0.0206. The van der Waals surface area contributed by atoms with E-state index in [1.165, 1.54) is 6.07 Å². The van der Waals surface area contributed by atoms with Gasteiger partial charge in [0.1, 0.15) is 12.4 Å². The molecule has 6 heteroatoms. The van der Waals surface area contributed by atoms with Gasteiger partial charge in [-0.1, -0.05) is 0 Å². The fourth-order valence-corrected chi connectivity index (χ4v) is 2.60. The van der Waals surface area contributed by atoms with E-state index in [1.807, 2.05) is 4.57 Å². The first-order valence-electron chi connectivity index (χ1n) is 6.50.